The van der Waals surface area contributed by atoms with Crippen molar-refractivity contribution in [1.29, 1.82) is 5.26 Å². The molecule has 6 heteroatoms. The van der Waals surface area contributed by atoms with Gasteiger partial charge in [0.05, 0.1) is 6.07 Å². The van der Waals surface area contributed by atoms with E-state index in [4.69, 9.17) is 5.26 Å². The van der Waals surface area contributed by atoms with Gasteiger partial charge in [0.2, 0.25) is 11.8 Å². The fraction of sp³-hybridized carbons (Fsp3) is 0.375. The van der Waals surface area contributed by atoms with Crippen molar-refractivity contribution in [1.82, 2.24) is 10.6 Å². The molecule has 0 fully saturated rings. The van der Waals surface area contributed by atoms with Crippen LogP contribution in [0.5, 0.6) is 0 Å². The Bertz CT molecular complexity index is 573. The summed E-state index contributed by atoms with van der Waals surface area (Å²) in [6.07, 6.45) is 0.0630. The minimum Gasteiger partial charge on any atom is -0.354 e. The summed E-state index contributed by atoms with van der Waals surface area (Å²) in [6, 6.07) is 8.95. The van der Waals surface area contributed by atoms with Crippen LogP contribution in [0.4, 0.5) is 0 Å². The second-order valence-electron chi connectivity index (χ2n) is 4.82. The Hall–Kier alpha value is -2.68. The summed E-state index contributed by atoms with van der Waals surface area (Å²) in [7, 11) is 0. The lowest BCUT2D eigenvalue weighted by molar-refractivity contribution is -0.122. The number of carbonyl (C=O) groups excluding carboxylic acids is 3. The van der Waals surface area contributed by atoms with Crippen LogP contribution in [0.25, 0.3) is 0 Å². The molecule has 0 aromatic heterocycles. The molecule has 0 aliphatic carbocycles. The molecule has 1 rings (SSSR count). The molecule has 1 aromatic carbocycles. The number of carbonyl (C=O) groups is 3. The molecule has 0 aliphatic rings. The highest BCUT2D eigenvalue weighted by Crippen LogP contribution is 2.07. The molecule has 1 aromatic rings. The van der Waals surface area contributed by atoms with Crippen LogP contribution in [-0.4, -0.2) is 30.7 Å². The molecular formula is C16H19N3O3. The zero-order valence-electron chi connectivity index (χ0n) is 12.5. The number of nitrogens with one attached hydrogen (secondary N) is 2. The summed E-state index contributed by atoms with van der Waals surface area (Å²) in [5.41, 5.74) is 1.68. The van der Waals surface area contributed by atoms with E-state index >= 15 is 0 Å². The summed E-state index contributed by atoms with van der Waals surface area (Å²) in [4.78, 5) is 34.5. The Morgan fingerprint density at radius 1 is 1.00 bits per heavy atom. The number of benzene rings is 1. The molecule has 0 unspecified atom stereocenters. The quantitative estimate of drug-likeness (QED) is 0.555. The van der Waals surface area contributed by atoms with Crippen molar-refractivity contribution in [3.05, 3.63) is 35.4 Å². The fourth-order valence-electron chi connectivity index (χ4n) is 1.74. The van der Waals surface area contributed by atoms with Gasteiger partial charge >= 0.3 is 0 Å². The lowest BCUT2D eigenvalue weighted by Crippen LogP contribution is -2.34. The van der Waals surface area contributed by atoms with Gasteiger partial charge in [-0.1, -0.05) is 29.8 Å². The average Bonchev–Trinajstić information content (AvgIpc) is 2.50. The standard InChI is InChI=1S/C16H19N3O3/c1-12-2-4-13(5-3-12)14(20)6-7-15(21)18-10-11-19-16(22)8-9-17/h2-5H,6-8,10-11H2,1H3,(H,18,21)(H,19,22). The molecule has 0 heterocycles. The van der Waals surface area contributed by atoms with E-state index in [0.717, 1.165) is 5.56 Å². The largest absolute Gasteiger partial charge is 0.354 e. The third kappa shape index (κ3) is 6.66. The van der Waals surface area contributed by atoms with Gasteiger partial charge in [0, 0.05) is 31.5 Å². The molecule has 2 N–H and O–H groups in total. The van der Waals surface area contributed by atoms with Crippen molar-refractivity contribution in [3.8, 4) is 6.07 Å². The van der Waals surface area contributed by atoms with Crippen LogP contribution in [0.2, 0.25) is 0 Å². The topological polar surface area (TPSA) is 99.1 Å². The van der Waals surface area contributed by atoms with E-state index in [9.17, 15) is 14.4 Å². The van der Waals surface area contributed by atoms with Gasteiger partial charge in [0.25, 0.3) is 0 Å². The Morgan fingerprint density at radius 3 is 2.18 bits per heavy atom. The first-order valence-electron chi connectivity index (χ1n) is 7.03. The first-order valence-corrected chi connectivity index (χ1v) is 7.03. The van der Waals surface area contributed by atoms with Gasteiger partial charge in [-0.05, 0) is 6.92 Å². The van der Waals surface area contributed by atoms with Crippen molar-refractivity contribution in [2.24, 2.45) is 0 Å². The predicted octanol–water partition coefficient (Wildman–Crippen LogP) is 1.10. The van der Waals surface area contributed by atoms with Crippen molar-refractivity contribution in [2.75, 3.05) is 13.1 Å². The Morgan fingerprint density at radius 2 is 1.59 bits per heavy atom. The van der Waals surface area contributed by atoms with E-state index in [1.807, 2.05) is 19.1 Å². The maximum Gasteiger partial charge on any atom is 0.234 e. The van der Waals surface area contributed by atoms with Crippen LogP contribution in [0.1, 0.15) is 35.2 Å². The van der Waals surface area contributed by atoms with Gasteiger partial charge in [-0.3, -0.25) is 14.4 Å². The Labute approximate surface area is 129 Å². The van der Waals surface area contributed by atoms with Crippen LogP contribution in [-0.2, 0) is 9.59 Å². The zero-order valence-corrected chi connectivity index (χ0v) is 12.5. The first-order chi connectivity index (χ1) is 10.5. The van der Waals surface area contributed by atoms with Crippen LogP contribution in [0, 0.1) is 18.3 Å². The van der Waals surface area contributed by atoms with E-state index < -0.39 is 0 Å². The second-order valence-corrected chi connectivity index (χ2v) is 4.82. The van der Waals surface area contributed by atoms with Crippen molar-refractivity contribution in [3.63, 3.8) is 0 Å². The molecular weight excluding hydrogens is 282 g/mol. The van der Waals surface area contributed by atoms with Gasteiger partial charge in [0.15, 0.2) is 5.78 Å². The van der Waals surface area contributed by atoms with Crippen LogP contribution in [0.3, 0.4) is 0 Å². The lowest BCUT2D eigenvalue weighted by Gasteiger charge is -2.06. The highest BCUT2D eigenvalue weighted by molar-refractivity contribution is 5.97. The number of nitrogens with zero attached hydrogens (tertiary/aromatic N) is 1. The summed E-state index contributed by atoms with van der Waals surface area (Å²) in [6.45, 7) is 2.48. The van der Waals surface area contributed by atoms with Crippen molar-refractivity contribution in [2.45, 2.75) is 26.2 Å². The number of hydrogen-bond donors (Lipinski definition) is 2. The molecule has 22 heavy (non-hydrogen) atoms. The van der Waals surface area contributed by atoms with Crippen LogP contribution >= 0.6 is 0 Å². The second kappa shape index (κ2) is 9.29. The third-order valence-corrected chi connectivity index (χ3v) is 2.96. The fourth-order valence-corrected chi connectivity index (χ4v) is 1.74. The maximum atomic E-state index is 11.9. The molecule has 0 aliphatic heterocycles. The van der Waals surface area contributed by atoms with Crippen molar-refractivity contribution >= 4 is 17.6 Å². The van der Waals surface area contributed by atoms with E-state index in [0.29, 0.717) is 5.56 Å². The number of ketones is 1. The molecule has 6 nitrogen and oxygen atoms in total. The number of aryl methyl sites for hydroxylation is 1. The van der Waals surface area contributed by atoms with E-state index in [-0.39, 0.29) is 49.9 Å². The molecule has 0 bridgehead atoms. The van der Waals surface area contributed by atoms with Gasteiger partial charge in [-0.2, -0.15) is 5.26 Å². The normalized spacial score (nSPS) is 9.64. The zero-order chi connectivity index (χ0) is 16.4. The highest BCUT2D eigenvalue weighted by atomic mass is 16.2. The Balaban J connectivity index is 2.20. The number of Topliss-reactive ketones (excluding diaryl/α,β-unsaturated/α-hetero) is 1. The minimum absolute atomic E-state index is 0.0718. The van der Waals surface area contributed by atoms with E-state index in [1.165, 1.54) is 0 Å². The number of rotatable bonds is 8. The predicted molar refractivity (Wildman–Crippen MR) is 81.0 cm³/mol. The molecule has 0 spiro atoms. The molecule has 0 atom stereocenters. The summed E-state index contributed by atoms with van der Waals surface area (Å²) >= 11 is 0. The number of nitriles is 1. The van der Waals surface area contributed by atoms with Crippen LogP contribution < -0.4 is 10.6 Å². The maximum absolute atomic E-state index is 11.9. The van der Waals surface area contributed by atoms with E-state index in [1.54, 1.807) is 18.2 Å². The monoisotopic (exact) mass is 301 g/mol. The van der Waals surface area contributed by atoms with E-state index in [2.05, 4.69) is 10.6 Å². The molecule has 116 valence electrons. The first kappa shape index (κ1) is 17.4. The van der Waals surface area contributed by atoms with Gasteiger partial charge < -0.3 is 10.6 Å². The molecule has 2 amide bonds. The number of hydrogen-bond acceptors (Lipinski definition) is 4. The molecule has 0 radical (unpaired) electrons. The summed E-state index contributed by atoms with van der Waals surface area (Å²) < 4.78 is 0. The lowest BCUT2D eigenvalue weighted by atomic mass is 10.1. The van der Waals surface area contributed by atoms with Gasteiger partial charge in [-0.15, -0.1) is 0 Å². The van der Waals surface area contributed by atoms with Gasteiger partial charge in [0.1, 0.15) is 6.42 Å². The molecule has 0 saturated carbocycles. The highest BCUT2D eigenvalue weighted by Gasteiger charge is 2.09. The van der Waals surface area contributed by atoms with Gasteiger partial charge in [-0.25, -0.2) is 0 Å². The third-order valence-electron chi connectivity index (χ3n) is 2.96. The summed E-state index contributed by atoms with van der Waals surface area (Å²) in [5.74, 6) is -0.682. The van der Waals surface area contributed by atoms with Crippen LogP contribution in [0.15, 0.2) is 24.3 Å². The Kier molecular flexibility index (Phi) is 7.34. The smallest absolute Gasteiger partial charge is 0.234 e. The summed E-state index contributed by atoms with van der Waals surface area (Å²) in [5, 5.41) is 13.4. The number of amides is 2. The average molecular weight is 301 g/mol. The SMILES string of the molecule is Cc1ccc(C(=O)CCC(=O)NCCNC(=O)CC#N)cc1. The minimum atomic E-state index is -0.369. The molecule has 0 saturated heterocycles. The van der Waals surface area contributed by atoms with Crippen molar-refractivity contribution < 1.29 is 14.4 Å².